The van der Waals surface area contributed by atoms with E-state index < -0.39 is 0 Å². The van der Waals surface area contributed by atoms with E-state index in [2.05, 4.69) is 41.2 Å². The van der Waals surface area contributed by atoms with Crippen LogP contribution in [-0.4, -0.2) is 5.91 Å². The molecule has 0 spiro atoms. The quantitative estimate of drug-likeness (QED) is 0.767. The van der Waals surface area contributed by atoms with Crippen molar-refractivity contribution in [2.45, 2.75) is 32.6 Å². The monoisotopic (exact) mass is 267 g/mol. The molecule has 1 aromatic rings. The van der Waals surface area contributed by atoms with Crippen molar-refractivity contribution in [1.82, 2.24) is 0 Å². The summed E-state index contributed by atoms with van der Waals surface area (Å²) in [6.45, 7) is 6.23. The predicted molar refractivity (Wildman–Crippen MR) is 65.2 cm³/mol. The summed E-state index contributed by atoms with van der Waals surface area (Å²) < 4.78 is 1.10. The Kier molecular flexibility index (Phi) is 2.38. The third-order valence-electron chi connectivity index (χ3n) is 2.90. The summed E-state index contributed by atoms with van der Waals surface area (Å²) in [6, 6.07) is 4.14. The van der Waals surface area contributed by atoms with Gasteiger partial charge in [-0.15, -0.1) is 0 Å². The lowest BCUT2D eigenvalue weighted by Gasteiger charge is -2.32. The minimum Gasteiger partial charge on any atom is -0.326 e. The molecule has 1 aliphatic rings. The highest BCUT2D eigenvalue weighted by Crippen LogP contribution is 2.39. The van der Waals surface area contributed by atoms with Crippen LogP contribution in [0.1, 0.15) is 31.4 Å². The number of benzene rings is 1. The molecular formula is C12H14BrNO. The topological polar surface area (TPSA) is 29.1 Å². The number of halogens is 1. The molecule has 0 radical (unpaired) electrons. The number of amides is 1. The Morgan fingerprint density at radius 1 is 1.40 bits per heavy atom. The van der Waals surface area contributed by atoms with Crippen molar-refractivity contribution in [3.63, 3.8) is 0 Å². The van der Waals surface area contributed by atoms with E-state index in [0.29, 0.717) is 6.42 Å². The number of carbonyl (C=O) groups excluding carboxylic acids is 1. The number of nitrogens with one attached hydrogen (secondary N) is 1. The molecule has 2 rings (SSSR count). The fraction of sp³-hybridized carbons (Fsp3) is 0.417. The Balaban J connectivity index is 2.62. The second kappa shape index (κ2) is 3.34. The van der Waals surface area contributed by atoms with E-state index in [1.54, 1.807) is 0 Å². The molecule has 1 aromatic carbocycles. The molecule has 0 fully saturated rings. The van der Waals surface area contributed by atoms with Crippen molar-refractivity contribution < 1.29 is 4.79 Å². The lowest BCUT2D eigenvalue weighted by Crippen LogP contribution is -2.32. The van der Waals surface area contributed by atoms with Crippen LogP contribution in [0.15, 0.2) is 16.6 Å². The van der Waals surface area contributed by atoms with Gasteiger partial charge in [-0.2, -0.15) is 0 Å². The van der Waals surface area contributed by atoms with Crippen molar-refractivity contribution in [2.24, 2.45) is 0 Å². The summed E-state index contributed by atoms with van der Waals surface area (Å²) in [4.78, 5) is 11.5. The highest BCUT2D eigenvalue weighted by molar-refractivity contribution is 9.10. The molecule has 0 aliphatic carbocycles. The molecule has 0 bridgehead atoms. The average molecular weight is 268 g/mol. The minimum absolute atomic E-state index is 0.0755. The Morgan fingerprint density at radius 2 is 2.07 bits per heavy atom. The molecule has 3 heteroatoms. The summed E-state index contributed by atoms with van der Waals surface area (Å²) in [5.41, 5.74) is 3.23. The third-order valence-corrected chi connectivity index (χ3v) is 3.76. The first-order chi connectivity index (χ1) is 6.90. The number of hydrogen-bond acceptors (Lipinski definition) is 1. The van der Waals surface area contributed by atoms with Crippen LogP contribution in [0.3, 0.4) is 0 Å². The Bertz CT molecular complexity index is 437. The Morgan fingerprint density at radius 3 is 2.73 bits per heavy atom. The highest BCUT2D eigenvalue weighted by atomic mass is 79.9. The summed E-state index contributed by atoms with van der Waals surface area (Å²) in [7, 11) is 0. The molecular weight excluding hydrogens is 254 g/mol. The standard InChI is InChI=1S/C12H14BrNO/c1-7-4-10-8(5-9(7)13)12(2,3)6-11(15)14-10/h4-5H,6H2,1-3H3,(H,14,15). The number of hydrogen-bond donors (Lipinski definition) is 1. The van der Waals surface area contributed by atoms with Gasteiger partial charge >= 0.3 is 0 Å². The van der Waals surface area contributed by atoms with Crippen molar-refractivity contribution in [1.29, 1.82) is 0 Å². The molecule has 0 unspecified atom stereocenters. The minimum atomic E-state index is -0.0755. The van der Waals surface area contributed by atoms with Gasteiger partial charge in [0.1, 0.15) is 0 Å². The number of rotatable bonds is 0. The molecule has 15 heavy (non-hydrogen) atoms. The largest absolute Gasteiger partial charge is 0.326 e. The lowest BCUT2D eigenvalue weighted by atomic mass is 9.78. The first kappa shape index (κ1) is 10.7. The van der Waals surface area contributed by atoms with Crippen molar-refractivity contribution in [3.8, 4) is 0 Å². The summed E-state index contributed by atoms with van der Waals surface area (Å²) in [5, 5.41) is 2.92. The number of fused-ring (bicyclic) bond motifs is 1. The van der Waals surface area contributed by atoms with Crippen molar-refractivity contribution in [3.05, 3.63) is 27.7 Å². The van der Waals surface area contributed by atoms with Crippen LogP contribution in [0.4, 0.5) is 5.69 Å². The van der Waals surface area contributed by atoms with E-state index in [1.165, 1.54) is 5.56 Å². The Hall–Kier alpha value is -0.830. The van der Waals surface area contributed by atoms with Crippen LogP contribution >= 0.6 is 15.9 Å². The van der Waals surface area contributed by atoms with Crippen LogP contribution < -0.4 is 5.32 Å². The van der Waals surface area contributed by atoms with Crippen LogP contribution in [0.5, 0.6) is 0 Å². The fourth-order valence-electron chi connectivity index (χ4n) is 2.04. The highest BCUT2D eigenvalue weighted by Gasteiger charge is 2.32. The second-order valence-corrected chi connectivity index (χ2v) is 5.61. The normalized spacial score (nSPS) is 18.3. The molecule has 2 nitrogen and oxygen atoms in total. The molecule has 0 saturated heterocycles. The van der Waals surface area contributed by atoms with Gasteiger partial charge in [0, 0.05) is 22.0 Å². The zero-order valence-corrected chi connectivity index (χ0v) is 10.7. The van der Waals surface area contributed by atoms with E-state index in [1.807, 2.05) is 13.0 Å². The van der Waals surface area contributed by atoms with Gasteiger partial charge < -0.3 is 5.32 Å². The van der Waals surface area contributed by atoms with Crippen LogP contribution in [-0.2, 0) is 10.2 Å². The summed E-state index contributed by atoms with van der Waals surface area (Å²) >= 11 is 3.53. The molecule has 1 amide bonds. The smallest absolute Gasteiger partial charge is 0.225 e. The molecule has 0 aromatic heterocycles. The van der Waals surface area contributed by atoms with Gasteiger partial charge in [0.15, 0.2) is 0 Å². The molecule has 80 valence electrons. The molecule has 1 N–H and O–H groups in total. The Labute approximate surface area is 98.2 Å². The van der Waals surface area contributed by atoms with E-state index in [-0.39, 0.29) is 11.3 Å². The molecule has 0 saturated carbocycles. The zero-order chi connectivity index (χ0) is 11.2. The fourth-order valence-corrected chi connectivity index (χ4v) is 2.38. The van der Waals surface area contributed by atoms with Crippen LogP contribution in [0.2, 0.25) is 0 Å². The van der Waals surface area contributed by atoms with Gasteiger partial charge in [-0.1, -0.05) is 29.8 Å². The maximum atomic E-state index is 11.5. The van der Waals surface area contributed by atoms with Gasteiger partial charge in [-0.3, -0.25) is 4.79 Å². The van der Waals surface area contributed by atoms with Gasteiger partial charge in [0.2, 0.25) is 5.91 Å². The second-order valence-electron chi connectivity index (χ2n) is 4.76. The third kappa shape index (κ3) is 1.81. The lowest BCUT2D eigenvalue weighted by molar-refractivity contribution is -0.117. The zero-order valence-electron chi connectivity index (χ0n) is 9.15. The first-order valence-electron chi connectivity index (χ1n) is 5.00. The van der Waals surface area contributed by atoms with Gasteiger partial charge in [-0.05, 0) is 30.2 Å². The maximum absolute atomic E-state index is 11.5. The average Bonchev–Trinajstić information content (AvgIpc) is 2.07. The van der Waals surface area contributed by atoms with Gasteiger partial charge in [0.25, 0.3) is 0 Å². The number of anilines is 1. The first-order valence-corrected chi connectivity index (χ1v) is 5.80. The number of carbonyl (C=O) groups is 1. The predicted octanol–water partition coefficient (Wildman–Crippen LogP) is 3.38. The molecule has 1 heterocycles. The maximum Gasteiger partial charge on any atom is 0.225 e. The molecule has 0 atom stereocenters. The molecule has 1 aliphatic heterocycles. The van der Waals surface area contributed by atoms with Crippen LogP contribution in [0.25, 0.3) is 0 Å². The van der Waals surface area contributed by atoms with Gasteiger partial charge in [-0.25, -0.2) is 0 Å². The van der Waals surface area contributed by atoms with E-state index in [0.717, 1.165) is 15.7 Å². The summed E-state index contributed by atoms with van der Waals surface area (Å²) in [5.74, 6) is 0.106. The SMILES string of the molecule is Cc1cc2c(cc1Br)C(C)(C)CC(=O)N2. The van der Waals surface area contributed by atoms with E-state index in [4.69, 9.17) is 0 Å². The van der Waals surface area contributed by atoms with Crippen molar-refractivity contribution >= 4 is 27.5 Å². The summed E-state index contributed by atoms with van der Waals surface area (Å²) in [6.07, 6.45) is 0.551. The van der Waals surface area contributed by atoms with Gasteiger partial charge in [0.05, 0.1) is 0 Å². The number of aryl methyl sites for hydroxylation is 1. The van der Waals surface area contributed by atoms with Crippen molar-refractivity contribution in [2.75, 3.05) is 5.32 Å². The van der Waals surface area contributed by atoms with Crippen LogP contribution in [0, 0.1) is 6.92 Å². The van der Waals surface area contributed by atoms with E-state index >= 15 is 0 Å². The van der Waals surface area contributed by atoms with E-state index in [9.17, 15) is 4.79 Å².